The lowest BCUT2D eigenvalue weighted by molar-refractivity contribution is -0.382. The molecule has 0 aliphatic carbocycles. The van der Waals surface area contributed by atoms with Crippen LogP contribution in [-0.2, 0) is 0 Å². The van der Waals surface area contributed by atoms with Gasteiger partial charge >= 0.3 is 5.69 Å². The van der Waals surface area contributed by atoms with Crippen molar-refractivity contribution in [2.45, 2.75) is 19.9 Å². The molecule has 7 heteroatoms. The first-order valence-electron chi connectivity index (χ1n) is 5.92. The largest absolute Gasteiger partial charge is 0.394 e. The minimum absolute atomic E-state index is 0.0298. The van der Waals surface area contributed by atoms with E-state index in [2.05, 4.69) is 10.3 Å². The maximum absolute atomic E-state index is 11.2. The molecule has 0 aliphatic heterocycles. The summed E-state index contributed by atoms with van der Waals surface area (Å²) in [4.78, 5) is 14.9. The minimum Gasteiger partial charge on any atom is -0.394 e. The number of aliphatic hydroxyl groups excluding tert-OH is 1. The van der Waals surface area contributed by atoms with Crippen LogP contribution in [0.25, 0.3) is 10.2 Å². The molecule has 1 atom stereocenters. The first-order valence-corrected chi connectivity index (χ1v) is 6.80. The zero-order valence-corrected chi connectivity index (χ0v) is 11.5. The molecule has 102 valence electrons. The third-order valence-electron chi connectivity index (χ3n) is 3.00. The standard InChI is InChI=1S/C12H15N3O3S/c1-7(2)9(5-16)14-8-3-4-10-11(13-6-19-10)12(8)15(17)18/h3-4,6-7,9,14,16H,5H2,1-2H3/t9-/m1/s1. The Morgan fingerprint density at radius 2 is 2.26 bits per heavy atom. The number of nitro groups is 1. The highest BCUT2D eigenvalue weighted by Gasteiger charge is 2.23. The van der Waals surface area contributed by atoms with Gasteiger partial charge in [-0.2, -0.15) is 0 Å². The smallest absolute Gasteiger partial charge is 0.319 e. The molecule has 2 rings (SSSR count). The van der Waals surface area contributed by atoms with Gasteiger partial charge in [0.05, 0.1) is 27.8 Å². The van der Waals surface area contributed by atoms with E-state index in [1.807, 2.05) is 13.8 Å². The van der Waals surface area contributed by atoms with Crippen LogP contribution in [0.5, 0.6) is 0 Å². The lowest BCUT2D eigenvalue weighted by atomic mass is 10.0. The lowest BCUT2D eigenvalue weighted by Crippen LogP contribution is -2.29. The van der Waals surface area contributed by atoms with Crippen LogP contribution in [0.15, 0.2) is 17.6 Å². The van der Waals surface area contributed by atoms with Gasteiger partial charge in [-0.05, 0) is 18.1 Å². The molecule has 1 heterocycles. The summed E-state index contributed by atoms with van der Waals surface area (Å²) in [5.74, 6) is 0.163. The molecule has 0 spiro atoms. The fourth-order valence-electron chi connectivity index (χ4n) is 1.84. The number of anilines is 1. The Bertz CT molecular complexity index is 597. The van der Waals surface area contributed by atoms with Crippen LogP contribution >= 0.6 is 11.3 Å². The van der Waals surface area contributed by atoms with E-state index in [-0.39, 0.29) is 24.3 Å². The normalized spacial score (nSPS) is 12.8. The lowest BCUT2D eigenvalue weighted by Gasteiger charge is -2.21. The average molecular weight is 281 g/mol. The van der Waals surface area contributed by atoms with Crippen molar-refractivity contribution in [3.05, 3.63) is 27.8 Å². The molecule has 2 N–H and O–H groups in total. The molecule has 0 fully saturated rings. The Morgan fingerprint density at radius 1 is 1.53 bits per heavy atom. The maximum atomic E-state index is 11.2. The van der Waals surface area contributed by atoms with Gasteiger partial charge in [-0.3, -0.25) is 10.1 Å². The van der Waals surface area contributed by atoms with E-state index < -0.39 is 4.92 Å². The summed E-state index contributed by atoms with van der Waals surface area (Å²) < 4.78 is 0.780. The number of hydrogen-bond donors (Lipinski definition) is 2. The van der Waals surface area contributed by atoms with E-state index in [9.17, 15) is 15.2 Å². The highest BCUT2D eigenvalue weighted by Crippen LogP contribution is 2.35. The van der Waals surface area contributed by atoms with E-state index in [1.54, 1.807) is 17.6 Å². The topological polar surface area (TPSA) is 88.3 Å². The van der Waals surface area contributed by atoms with E-state index >= 15 is 0 Å². The predicted octanol–water partition coefficient (Wildman–Crippen LogP) is 2.63. The van der Waals surface area contributed by atoms with Crippen molar-refractivity contribution in [1.29, 1.82) is 0 Å². The Labute approximate surface area is 114 Å². The Hall–Kier alpha value is -1.73. The van der Waals surface area contributed by atoms with Crippen LogP contribution in [0, 0.1) is 16.0 Å². The van der Waals surface area contributed by atoms with Crippen LogP contribution in [0.3, 0.4) is 0 Å². The number of benzene rings is 1. The van der Waals surface area contributed by atoms with Crippen LogP contribution in [0.1, 0.15) is 13.8 Å². The van der Waals surface area contributed by atoms with Gasteiger partial charge in [0.2, 0.25) is 0 Å². The highest BCUT2D eigenvalue weighted by atomic mass is 32.1. The van der Waals surface area contributed by atoms with Crippen molar-refractivity contribution in [2.24, 2.45) is 5.92 Å². The number of nitro benzene ring substituents is 1. The van der Waals surface area contributed by atoms with Gasteiger partial charge in [-0.25, -0.2) is 4.98 Å². The molecule has 0 aliphatic rings. The second-order valence-corrected chi connectivity index (χ2v) is 5.48. The summed E-state index contributed by atoms with van der Waals surface area (Å²) in [6, 6.07) is 3.25. The SMILES string of the molecule is CC(C)[C@@H](CO)Nc1ccc2scnc2c1[N+](=O)[O-]. The highest BCUT2D eigenvalue weighted by molar-refractivity contribution is 7.16. The van der Waals surface area contributed by atoms with E-state index in [0.717, 1.165) is 4.70 Å². The molecule has 0 radical (unpaired) electrons. The van der Waals surface area contributed by atoms with Crippen LogP contribution < -0.4 is 5.32 Å². The zero-order chi connectivity index (χ0) is 14.0. The molecule has 2 aromatic rings. The average Bonchev–Trinajstić information content (AvgIpc) is 2.82. The van der Waals surface area contributed by atoms with Crippen molar-refractivity contribution in [3.63, 3.8) is 0 Å². The monoisotopic (exact) mass is 281 g/mol. The van der Waals surface area contributed by atoms with Crippen molar-refractivity contribution in [2.75, 3.05) is 11.9 Å². The molecule has 6 nitrogen and oxygen atoms in total. The molecule has 1 aromatic carbocycles. The summed E-state index contributed by atoms with van der Waals surface area (Å²) in [5, 5.41) is 23.6. The van der Waals surface area contributed by atoms with Crippen LogP contribution in [-0.4, -0.2) is 27.7 Å². The Balaban J connectivity index is 2.47. The number of nitrogens with zero attached hydrogens (tertiary/aromatic N) is 2. The van der Waals surface area contributed by atoms with Crippen molar-refractivity contribution in [1.82, 2.24) is 4.98 Å². The maximum Gasteiger partial charge on any atom is 0.319 e. The summed E-state index contributed by atoms with van der Waals surface area (Å²) in [6.45, 7) is 3.81. The number of nitrogens with one attached hydrogen (secondary N) is 1. The summed E-state index contributed by atoms with van der Waals surface area (Å²) in [5.41, 5.74) is 2.35. The zero-order valence-electron chi connectivity index (χ0n) is 10.7. The van der Waals surface area contributed by atoms with Crippen molar-refractivity contribution in [3.8, 4) is 0 Å². The first kappa shape index (κ1) is 13.7. The van der Waals surface area contributed by atoms with Gasteiger partial charge < -0.3 is 10.4 Å². The Morgan fingerprint density at radius 3 is 2.84 bits per heavy atom. The number of aliphatic hydroxyl groups is 1. The second-order valence-electron chi connectivity index (χ2n) is 4.60. The second kappa shape index (κ2) is 5.50. The van der Waals surface area contributed by atoms with Gasteiger partial charge in [0.1, 0.15) is 5.69 Å². The fourth-order valence-corrected chi connectivity index (χ4v) is 2.52. The first-order chi connectivity index (χ1) is 9.04. The van der Waals surface area contributed by atoms with Crippen molar-refractivity contribution >= 4 is 32.9 Å². The molecular weight excluding hydrogens is 266 g/mol. The van der Waals surface area contributed by atoms with Crippen LogP contribution in [0.4, 0.5) is 11.4 Å². The van der Waals surface area contributed by atoms with Gasteiger partial charge in [0.15, 0.2) is 5.52 Å². The summed E-state index contributed by atoms with van der Waals surface area (Å²) in [6.07, 6.45) is 0. The van der Waals surface area contributed by atoms with Crippen LogP contribution in [0.2, 0.25) is 0 Å². The molecule has 0 unspecified atom stereocenters. The van der Waals surface area contributed by atoms with Gasteiger partial charge in [0, 0.05) is 0 Å². The third kappa shape index (κ3) is 2.66. The minimum atomic E-state index is -0.431. The number of rotatable bonds is 5. The number of fused-ring (bicyclic) bond motifs is 1. The number of aromatic nitrogens is 1. The predicted molar refractivity (Wildman–Crippen MR) is 75.6 cm³/mol. The van der Waals surface area contributed by atoms with E-state index in [1.165, 1.54) is 11.3 Å². The third-order valence-corrected chi connectivity index (χ3v) is 3.79. The molecule has 0 saturated heterocycles. The summed E-state index contributed by atoms with van der Waals surface area (Å²) >= 11 is 1.37. The van der Waals surface area contributed by atoms with Gasteiger partial charge in [0.25, 0.3) is 0 Å². The quantitative estimate of drug-likeness (QED) is 0.649. The Kier molecular flexibility index (Phi) is 3.96. The molecule has 0 bridgehead atoms. The molecule has 19 heavy (non-hydrogen) atoms. The molecule has 0 saturated carbocycles. The van der Waals surface area contributed by atoms with E-state index in [0.29, 0.717) is 11.2 Å². The number of hydrogen-bond acceptors (Lipinski definition) is 6. The molecule has 0 amide bonds. The van der Waals surface area contributed by atoms with Gasteiger partial charge in [-0.15, -0.1) is 11.3 Å². The number of thiazole rings is 1. The van der Waals surface area contributed by atoms with Crippen molar-refractivity contribution < 1.29 is 10.0 Å². The van der Waals surface area contributed by atoms with Gasteiger partial charge in [-0.1, -0.05) is 13.8 Å². The fraction of sp³-hybridized carbons (Fsp3) is 0.417. The molecular formula is C12H15N3O3S. The summed E-state index contributed by atoms with van der Waals surface area (Å²) in [7, 11) is 0. The molecule has 1 aromatic heterocycles. The van der Waals surface area contributed by atoms with E-state index in [4.69, 9.17) is 0 Å².